The van der Waals surface area contributed by atoms with Crippen molar-refractivity contribution >= 4 is 39.1 Å². The number of nitrogens with zero attached hydrogens (tertiary/aromatic N) is 4. The highest BCUT2D eigenvalue weighted by molar-refractivity contribution is 7.19. The fraction of sp³-hybridized carbons (Fsp3) is 0.571. The van der Waals surface area contributed by atoms with Crippen molar-refractivity contribution in [1.29, 1.82) is 0 Å². The lowest BCUT2D eigenvalue weighted by atomic mass is 9.98. The maximum atomic E-state index is 10.8. The zero-order chi connectivity index (χ0) is 21.0. The highest BCUT2D eigenvalue weighted by Gasteiger charge is 2.40. The molecule has 0 unspecified atom stereocenters. The number of aliphatic hydroxyl groups excluding tert-OH is 1. The Kier molecular flexibility index (Phi) is 4.64. The molecule has 0 aromatic carbocycles. The molecule has 3 aromatic rings. The Labute approximate surface area is 183 Å². The van der Waals surface area contributed by atoms with Crippen LogP contribution in [-0.2, 0) is 10.3 Å². The molecule has 3 aliphatic rings. The van der Waals surface area contributed by atoms with Crippen LogP contribution in [0, 0.1) is 5.92 Å². The topological polar surface area (TPSA) is 119 Å². The predicted octanol–water partition coefficient (Wildman–Crippen LogP) is 2.46. The van der Waals surface area contributed by atoms with E-state index in [9.17, 15) is 10.2 Å². The van der Waals surface area contributed by atoms with Crippen molar-refractivity contribution in [3.8, 4) is 0 Å². The molecule has 1 aliphatic carbocycles. The lowest BCUT2D eigenvalue weighted by molar-refractivity contribution is -0.182. The van der Waals surface area contributed by atoms with Crippen molar-refractivity contribution in [2.75, 3.05) is 43.1 Å². The van der Waals surface area contributed by atoms with Gasteiger partial charge in [-0.3, -0.25) is 5.10 Å². The molecule has 6 rings (SSSR count). The number of nitrogens with one attached hydrogen (secondary N) is 2. The van der Waals surface area contributed by atoms with Gasteiger partial charge in [0.2, 0.25) is 5.95 Å². The number of hydrogen-bond acceptors (Lipinski definition) is 9. The fourth-order valence-electron chi connectivity index (χ4n) is 4.25. The van der Waals surface area contributed by atoms with E-state index in [4.69, 9.17) is 14.7 Å². The lowest BCUT2D eigenvalue weighted by Crippen LogP contribution is -2.45. The van der Waals surface area contributed by atoms with Gasteiger partial charge in [0.05, 0.1) is 23.4 Å². The van der Waals surface area contributed by atoms with E-state index in [1.54, 1.807) is 0 Å². The molecule has 9 nitrogen and oxygen atoms in total. The number of aromatic amines is 1. The van der Waals surface area contributed by atoms with Crippen LogP contribution in [0.25, 0.3) is 10.2 Å². The minimum absolute atomic E-state index is 0.234. The van der Waals surface area contributed by atoms with Gasteiger partial charge in [-0.15, -0.1) is 11.3 Å². The van der Waals surface area contributed by atoms with Gasteiger partial charge in [-0.1, -0.05) is 0 Å². The average molecular weight is 443 g/mol. The van der Waals surface area contributed by atoms with E-state index < -0.39 is 5.60 Å². The monoisotopic (exact) mass is 442 g/mol. The van der Waals surface area contributed by atoms with E-state index >= 15 is 0 Å². The number of ether oxygens (including phenoxy) is 1. The van der Waals surface area contributed by atoms with Gasteiger partial charge in [0.1, 0.15) is 5.60 Å². The second-order valence-electron chi connectivity index (χ2n) is 8.94. The third kappa shape index (κ3) is 3.57. The molecule has 0 spiro atoms. The van der Waals surface area contributed by atoms with Gasteiger partial charge in [0.15, 0.2) is 11.6 Å². The van der Waals surface area contributed by atoms with Crippen molar-refractivity contribution in [3.05, 3.63) is 22.7 Å². The van der Waals surface area contributed by atoms with Gasteiger partial charge < -0.3 is 25.2 Å². The number of aliphatic hydroxyl groups is 2. The highest BCUT2D eigenvalue weighted by Crippen LogP contribution is 2.42. The molecule has 10 heteroatoms. The third-order valence-electron chi connectivity index (χ3n) is 6.52. The minimum atomic E-state index is -0.937. The summed E-state index contributed by atoms with van der Waals surface area (Å²) in [6.45, 7) is 2.49. The highest BCUT2D eigenvalue weighted by atomic mass is 32.1. The Morgan fingerprint density at radius 2 is 2.00 bits per heavy atom. The summed E-state index contributed by atoms with van der Waals surface area (Å²) in [5, 5.41) is 31.2. The fourth-order valence-corrected chi connectivity index (χ4v) is 5.35. The summed E-state index contributed by atoms with van der Waals surface area (Å²) in [6.07, 6.45) is 4.28. The van der Waals surface area contributed by atoms with Crippen LogP contribution in [0.4, 0.5) is 17.6 Å². The van der Waals surface area contributed by atoms with Crippen molar-refractivity contribution in [1.82, 2.24) is 20.2 Å². The van der Waals surface area contributed by atoms with Crippen molar-refractivity contribution in [2.45, 2.75) is 37.2 Å². The van der Waals surface area contributed by atoms with Gasteiger partial charge in [-0.25, -0.2) is 4.98 Å². The maximum Gasteiger partial charge on any atom is 0.227 e. The summed E-state index contributed by atoms with van der Waals surface area (Å²) < 4.78 is 6.15. The summed E-state index contributed by atoms with van der Waals surface area (Å²) in [6, 6.07) is 4.01. The van der Waals surface area contributed by atoms with E-state index in [2.05, 4.69) is 26.5 Å². The number of anilines is 3. The predicted molar refractivity (Wildman–Crippen MR) is 118 cm³/mol. The first-order valence-corrected chi connectivity index (χ1v) is 11.7. The molecule has 5 heterocycles. The quantitative estimate of drug-likeness (QED) is 0.460. The first-order chi connectivity index (χ1) is 15.1. The summed E-state index contributed by atoms with van der Waals surface area (Å²) in [4.78, 5) is 12.7. The van der Waals surface area contributed by atoms with E-state index in [-0.39, 0.29) is 6.61 Å². The number of fused-ring (bicyclic) bond motifs is 1. The molecule has 0 atom stereocenters. The molecule has 3 fully saturated rings. The van der Waals surface area contributed by atoms with Crippen LogP contribution < -0.4 is 10.2 Å². The zero-order valence-corrected chi connectivity index (χ0v) is 18.0. The average Bonchev–Trinajstić information content (AvgIpc) is 3.35. The number of rotatable bonds is 6. The Morgan fingerprint density at radius 3 is 2.68 bits per heavy atom. The standard InChI is InChI=1S/C21H26N6O3S/c28-9-12-3-5-27(6-4-12)20-22-15-7-16(21(29)10-30-11-21)31-18(15)19(24-20)23-17-8-14(25-26-17)13-1-2-13/h7-8,12-13,28-29H,1-6,9-11H2,(H2,22,23,24,25,26). The van der Waals surface area contributed by atoms with Gasteiger partial charge in [0, 0.05) is 42.3 Å². The molecule has 0 bridgehead atoms. The zero-order valence-electron chi connectivity index (χ0n) is 17.2. The Bertz CT molecular complexity index is 1100. The molecular formula is C21H26N6O3S. The molecular weight excluding hydrogens is 416 g/mol. The summed E-state index contributed by atoms with van der Waals surface area (Å²) in [5.74, 6) is 3.07. The smallest absolute Gasteiger partial charge is 0.227 e. The van der Waals surface area contributed by atoms with Crippen LogP contribution in [0.2, 0.25) is 0 Å². The minimum Gasteiger partial charge on any atom is -0.396 e. The van der Waals surface area contributed by atoms with Crippen molar-refractivity contribution in [2.24, 2.45) is 5.92 Å². The first-order valence-electron chi connectivity index (χ1n) is 10.9. The number of hydrogen-bond donors (Lipinski definition) is 4. The van der Waals surface area contributed by atoms with Crippen LogP contribution in [0.3, 0.4) is 0 Å². The second-order valence-corrected chi connectivity index (χ2v) is 9.99. The van der Waals surface area contributed by atoms with Gasteiger partial charge in [-0.05, 0) is 37.7 Å². The van der Waals surface area contributed by atoms with Crippen LogP contribution in [-0.4, -0.2) is 63.3 Å². The molecule has 0 amide bonds. The lowest BCUT2D eigenvalue weighted by Gasteiger charge is -2.35. The van der Waals surface area contributed by atoms with E-state index in [1.807, 2.05) is 6.07 Å². The molecule has 0 radical (unpaired) electrons. The maximum absolute atomic E-state index is 10.8. The number of piperidine rings is 1. The molecule has 31 heavy (non-hydrogen) atoms. The van der Waals surface area contributed by atoms with Gasteiger partial charge in [0.25, 0.3) is 0 Å². The van der Waals surface area contributed by atoms with Gasteiger partial charge >= 0.3 is 0 Å². The van der Waals surface area contributed by atoms with Gasteiger partial charge in [-0.2, -0.15) is 10.1 Å². The van der Waals surface area contributed by atoms with Crippen molar-refractivity contribution in [3.63, 3.8) is 0 Å². The second kappa shape index (κ2) is 7.40. The largest absolute Gasteiger partial charge is 0.396 e. The van der Waals surface area contributed by atoms with Crippen molar-refractivity contribution < 1.29 is 14.9 Å². The summed E-state index contributed by atoms with van der Waals surface area (Å²) in [5.41, 5.74) is 1.04. The Hall–Kier alpha value is -2.27. The summed E-state index contributed by atoms with van der Waals surface area (Å²) >= 11 is 1.50. The van der Waals surface area contributed by atoms with E-state index in [0.717, 1.165) is 52.5 Å². The number of aromatic nitrogens is 4. The number of thiophene rings is 1. The Balaban J connectivity index is 1.36. The van der Waals surface area contributed by atoms with Crippen LogP contribution >= 0.6 is 11.3 Å². The first kappa shape index (κ1) is 19.4. The SMILES string of the molecule is OCC1CCN(c2nc(Nc3cc(C4CC4)[nH]n3)c3sc(C4(O)COC4)cc3n2)CC1. The molecule has 4 N–H and O–H groups in total. The number of H-pyrrole nitrogens is 1. The summed E-state index contributed by atoms with van der Waals surface area (Å²) in [7, 11) is 0. The normalized spacial score (nSPS) is 21.4. The van der Waals surface area contributed by atoms with Crippen LogP contribution in [0.1, 0.15) is 42.2 Å². The molecule has 1 saturated carbocycles. The molecule has 2 saturated heterocycles. The molecule has 2 aliphatic heterocycles. The molecule has 3 aromatic heterocycles. The van der Waals surface area contributed by atoms with Crippen LogP contribution in [0.15, 0.2) is 12.1 Å². The van der Waals surface area contributed by atoms with E-state index in [1.165, 1.54) is 24.2 Å². The van der Waals surface area contributed by atoms with Crippen LogP contribution in [0.5, 0.6) is 0 Å². The Morgan fingerprint density at radius 1 is 1.19 bits per heavy atom. The molecule has 164 valence electrons. The third-order valence-corrected chi connectivity index (χ3v) is 7.84. The van der Waals surface area contributed by atoms with E-state index in [0.29, 0.717) is 36.8 Å².